The number of morpholine rings is 1. The smallest absolute Gasteiger partial charge is 0.161 e. The van der Waals surface area contributed by atoms with Gasteiger partial charge >= 0.3 is 0 Å². The third-order valence-corrected chi connectivity index (χ3v) is 3.68. The maximum absolute atomic E-state index is 9.07. The van der Waals surface area contributed by atoms with Crippen LogP contribution in [0.3, 0.4) is 0 Å². The first kappa shape index (κ1) is 13.7. The second kappa shape index (κ2) is 5.58. The first-order valence-corrected chi connectivity index (χ1v) is 6.93. The Morgan fingerprint density at radius 2 is 2.33 bits per heavy atom. The van der Waals surface area contributed by atoms with Crippen LogP contribution in [-0.4, -0.2) is 37.9 Å². The molecule has 0 bridgehead atoms. The van der Waals surface area contributed by atoms with Gasteiger partial charge in [0.05, 0.1) is 26.3 Å². The van der Waals surface area contributed by atoms with Crippen LogP contribution in [0.15, 0.2) is 24.3 Å². The van der Waals surface area contributed by atoms with Crippen molar-refractivity contribution in [3.63, 3.8) is 0 Å². The quantitative estimate of drug-likeness (QED) is 0.846. The highest BCUT2D eigenvalue weighted by Gasteiger charge is 2.22. The van der Waals surface area contributed by atoms with E-state index in [0.29, 0.717) is 13.2 Å². The van der Waals surface area contributed by atoms with Crippen LogP contribution in [0.4, 0.5) is 5.69 Å². The Morgan fingerprint density at radius 1 is 1.48 bits per heavy atom. The van der Waals surface area contributed by atoms with Gasteiger partial charge in [-0.15, -0.1) is 0 Å². The highest BCUT2D eigenvalue weighted by molar-refractivity contribution is 5.95. The number of ether oxygens (including phenoxy) is 2. The second-order valence-corrected chi connectivity index (χ2v) is 5.07. The minimum Gasteiger partial charge on any atom is -0.494 e. The van der Waals surface area contributed by atoms with Gasteiger partial charge in [-0.2, -0.15) is 5.26 Å². The Kier molecular flexibility index (Phi) is 3.63. The fourth-order valence-corrected chi connectivity index (χ4v) is 2.70. The number of aromatic nitrogens is 1. The highest BCUT2D eigenvalue weighted by atomic mass is 16.5. The molecule has 0 N–H and O–H groups in total. The molecule has 1 aliphatic rings. The minimum atomic E-state index is -0.382. The van der Waals surface area contributed by atoms with E-state index in [9.17, 15) is 0 Å². The van der Waals surface area contributed by atoms with E-state index in [4.69, 9.17) is 14.7 Å². The summed E-state index contributed by atoms with van der Waals surface area (Å²) in [6.07, 6.45) is -0.382. The Labute approximate surface area is 123 Å². The lowest BCUT2D eigenvalue weighted by atomic mass is 10.1. The molecule has 3 rings (SSSR count). The number of pyridine rings is 1. The molecule has 0 radical (unpaired) electrons. The molecule has 1 aromatic carbocycles. The predicted molar refractivity (Wildman–Crippen MR) is 80.6 cm³/mol. The van der Waals surface area contributed by atoms with Crippen molar-refractivity contribution in [2.75, 3.05) is 31.7 Å². The van der Waals surface area contributed by atoms with Gasteiger partial charge in [-0.25, -0.2) is 4.98 Å². The maximum Gasteiger partial charge on any atom is 0.161 e. The normalized spacial score (nSPS) is 18.5. The number of fused-ring (bicyclic) bond motifs is 1. The first-order valence-electron chi connectivity index (χ1n) is 6.93. The van der Waals surface area contributed by atoms with Crippen molar-refractivity contribution in [3.8, 4) is 11.8 Å². The van der Waals surface area contributed by atoms with E-state index in [1.54, 1.807) is 7.11 Å². The molecular weight excluding hydrogens is 266 g/mol. The van der Waals surface area contributed by atoms with E-state index in [1.807, 2.05) is 25.1 Å². The molecule has 1 aromatic heterocycles. The average molecular weight is 283 g/mol. The zero-order valence-electron chi connectivity index (χ0n) is 12.2. The summed E-state index contributed by atoms with van der Waals surface area (Å²) >= 11 is 0. The lowest BCUT2D eigenvalue weighted by molar-refractivity contribution is 0.0765. The molecule has 1 fully saturated rings. The van der Waals surface area contributed by atoms with Crippen molar-refractivity contribution in [1.29, 1.82) is 5.26 Å². The van der Waals surface area contributed by atoms with Gasteiger partial charge in [-0.1, -0.05) is 12.1 Å². The first-order chi connectivity index (χ1) is 10.2. The summed E-state index contributed by atoms with van der Waals surface area (Å²) in [5.41, 5.74) is 2.87. The molecule has 1 aliphatic heterocycles. The standard InChI is InChI=1S/C16H17N3O2/c1-11-8-14(19-6-7-21-12(9-17)10-19)13-4-3-5-15(20-2)16(13)18-11/h3-5,8,12H,6-7,10H2,1-2H3. The molecule has 0 amide bonds. The van der Waals surface area contributed by atoms with Gasteiger partial charge in [-0.3, -0.25) is 0 Å². The predicted octanol–water partition coefficient (Wildman–Crippen LogP) is 2.28. The van der Waals surface area contributed by atoms with Crippen molar-refractivity contribution in [3.05, 3.63) is 30.0 Å². The van der Waals surface area contributed by atoms with Crippen molar-refractivity contribution >= 4 is 16.6 Å². The lowest BCUT2D eigenvalue weighted by Gasteiger charge is -2.32. The highest BCUT2D eigenvalue weighted by Crippen LogP contribution is 2.32. The van der Waals surface area contributed by atoms with Crippen molar-refractivity contribution in [2.45, 2.75) is 13.0 Å². The van der Waals surface area contributed by atoms with Crippen molar-refractivity contribution < 1.29 is 9.47 Å². The molecule has 2 heterocycles. The molecule has 1 saturated heterocycles. The second-order valence-electron chi connectivity index (χ2n) is 5.07. The number of hydrogen-bond donors (Lipinski definition) is 0. The topological polar surface area (TPSA) is 58.4 Å². The van der Waals surface area contributed by atoms with Crippen LogP contribution in [0.2, 0.25) is 0 Å². The van der Waals surface area contributed by atoms with E-state index in [0.717, 1.165) is 34.6 Å². The molecule has 0 aliphatic carbocycles. The zero-order chi connectivity index (χ0) is 14.8. The number of nitriles is 1. The minimum absolute atomic E-state index is 0.382. The van der Waals surface area contributed by atoms with Gasteiger partial charge in [0.1, 0.15) is 11.3 Å². The van der Waals surface area contributed by atoms with Crippen LogP contribution < -0.4 is 9.64 Å². The summed E-state index contributed by atoms with van der Waals surface area (Å²) in [6.45, 7) is 3.88. The average Bonchev–Trinajstić information content (AvgIpc) is 2.53. The van der Waals surface area contributed by atoms with E-state index < -0.39 is 0 Å². The van der Waals surface area contributed by atoms with Crippen LogP contribution in [0.5, 0.6) is 5.75 Å². The van der Waals surface area contributed by atoms with Gasteiger partial charge in [0, 0.05) is 23.3 Å². The molecule has 5 nitrogen and oxygen atoms in total. The summed E-state index contributed by atoms with van der Waals surface area (Å²) in [6, 6.07) is 10.2. The number of nitrogens with zero attached hydrogens (tertiary/aromatic N) is 3. The number of benzene rings is 1. The maximum atomic E-state index is 9.07. The largest absolute Gasteiger partial charge is 0.494 e. The number of hydrogen-bond acceptors (Lipinski definition) is 5. The monoisotopic (exact) mass is 283 g/mol. The molecule has 2 aromatic rings. The lowest BCUT2D eigenvalue weighted by Crippen LogP contribution is -2.42. The molecule has 108 valence electrons. The summed E-state index contributed by atoms with van der Waals surface area (Å²) in [5.74, 6) is 0.766. The van der Waals surface area contributed by atoms with E-state index >= 15 is 0 Å². The molecular formula is C16H17N3O2. The van der Waals surface area contributed by atoms with Gasteiger partial charge in [0.2, 0.25) is 0 Å². The van der Waals surface area contributed by atoms with Gasteiger partial charge in [0.25, 0.3) is 0 Å². The Bertz CT molecular complexity index is 708. The van der Waals surface area contributed by atoms with Crippen LogP contribution in [0.1, 0.15) is 5.69 Å². The number of para-hydroxylation sites is 1. The fraction of sp³-hybridized carbons (Fsp3) is 0.375. The SMILES string of the molecule is COc1cccc2c(N3CCOC(C#N)C3)cc(C)nc12. The molecule has 0 saturated carbocycles. The summed E-state index contributed by atoms with van der Waals surface area (Å²) < 4.78 is 10.8. The number of anilines is 1. The number of methoxy groups -OCH3 is 1. The molecule has 5 heteroatoms. The van der Waals surface area contributed by atoms with E-state index in [2.05, 4.69) is 22.0 Å². The van der Waals surface area contributed by atoms with Crippen molar-refractivity contribution in [2.24, 2.45) is 0 Å². The Morgan fingerprint density at radius 3 is 3.10 bits per heavy atom. The molecule has 1 unspecified atom stereocenters. The van der Waals surface area contributed by atoms with Crippen molar-refractivity contribution in [1.82, 2.24) is 4.98 Å². The summed E-state index contributed by atoms with van der Waals surface area (Å²) in [4.78, 5) is 6.78. The zero-order valence-corrected chi connectivity index (χ0v) is 12.2. The van der Waals surface area contributed by atoms with Gasteiger partial charge in [-0.05, 0) is 19.1 Å². The van der Waals surface area contributed by atoms with E-state index in [-0.39, 0.29) is 6.10 Å². The van der Waals surface area contributed by atoms with Crippen LogP contribution in [0, 0.1) is 18.3 Å². The van der Waals surface area contributed by atoms with Crippen LogP contribution in [-0.2, 0) is 4.74 Å². The summed E-state index contributed by atoms with van der Waals surface area (Å²) in [5, 5.41) is 10.1. The number of rotatable bonds is 2. The summed E-state index contributed by atoms with van der Waals surface area (Å²) in [7, 11) is 1.65. The Hall–Kier alpha value is -2.32. The Balaban J connectivity index is 2.12. The molecule has 21 heavy (non-hydrogen) atoms. The van der Waals surface area contributed by atoms with Gasteiger partial charge in [0.15, 0.2) is 6.10 Å². The molecule has 0 spiro atoms. The number of aryl methyl sites for hydroxylation is 1. The third-order valence-electron chi connectivity index (χ3n) is 3.68. The fourth-order valence-electron chi connectivity index (χ4n) is 2.70. The third kappa shape index (κ3) is 2.50. The molecule has 1 atom stereocenters. The van der Waals surface area contributed by atoms with Crippen LogP contribution >= 0.6 is 0 Å². The van der Waals surface area contributed by atoms with Crippen LogP contribution in [0.25, 0.3) is 10.9 Å². The van der Waals surface area contributed by atoms with E-state index in [1.165, 1.54) is 0 Å². The van der Waals surface area contributed by atoms with Gasteiger partial charge < -0.3 is 14.4 Å².